The lowest BCUT2D eigenvalue weighted by Gasteiger charge is -2.34. The van der Waals surface area contributed by atoms with Crippen molar-refractivity contribution >= 4 is 45.1 Å². The van der Waals surface area contributed by atoms with Gasteiger partial charge in [-0.15, -0.1) is 11.3 Å². The van der Waals surface area contributed by atoms with Crippen molar-refractivity contribution in [3.63, 3.8) is 0 Å². The van der Waals surface area contributed by atoms with Gasteiger partial charge in [0.05, 0.1) is 22.0 Å². The lowest BCUT2D eigenvalue weighted by atomic mass is 10.2. The van der Waals surface area contributed by atoms with Gasteiger partial charge in [0.15, 0.2) is 6.61 Å². The Kier molecular flexibility index (Phi) is 6.69. The number of hydrogen-bond donors (Lipinski definition) is 0. The molecule has 3 rings (SSSR count). The Morgan fingerprint density at radius 3 is 2.43 bits per heavy atom. The van der Waals surface area contributed by atoms with Crippen molar-refractivity contribution in [3.8, 4) is 5.75 Å². The Hall–Kier alpha value is -2.39. The van der Waals surface area contributed by atoms with E-state index in [1.807, 2.05) is 17.5 Å². The number of rotatable bonds is 5. The summed E-state index contributed by atoms with van der Waals surface area (Å²) in [7, 11) is 1.31. The molecule has 1 fully saturated rings. The Morgan fingerprint density at radius 2 is 1.82 bits per heavy atom. The molecule has 0 radical (unpaired) electrons. The van der Waals surface area contributed by atoms with Gasteiger partial charge in [0.2, 0.25) is 0 Å². The predicted octanol–water partition coefficient (Wildman–Crippen LogP) is 2.66. The lowest BCUT2D eigenvalue weighted by molar-refractivity contribution is -0.134. The number of esters is 1. The number of halogens is 1. The summed E-state index contributed by atoms with van der Waals surface area (Å²) >= 11 is 4.75. The molecule has 2 amide bonds. The van der Waals surface area contributed by atoms with Gasteiger partial charge in [-0.1, -0.05) is 6.07 Å². The van der Waals surface area contributed by atoms with Crippen LogP contribution in [-0.4, -0.2) is 67.5 Å². The van der Waals surface area contributed by atoms with Gasteiger partial charge in [-0.25, -0.2) is 4.79 Å². The molecule has 0 atom stereocenters. The molecule has 1 aromatic heterocycles. The molecule has 2 aromatic rings. The molecule has 0 N–H and O–H groups in total. The first-order chi connectivity index (χ1) is 13.5. The minimum atomic E-state index is -0.446. The van der Waals surface area contributed by atoms with Gasteiger partial charge in [0.25, 0.3) is 11.8 Å². The number of amides is 2. The topological polar surface area (TPSA) is 76.2 Å². The summed E-state index contributed by atoms with van der Waals surface area (Å²) < 4.78 is 10.8. The Bertz CT molecular complexity index is 863. The lowest BCUT2D eigenvalue weighted by Crippen LogP contribution is -2.51. The maximum absolute atomic E-state index is 12.4. The molecule has 1 aliphatic heterocycles. The zero-order valence-corrected chi connectivity index (χ0v) is 17.6. The first-order valence-electron chi connectivity index (χ1n) is 8.61. The van der Waals surface area contributed by atoms with Crippen molar-refractivity contribution in [1.82, 2.24) is 9.80 Å². The van der Waals surface area contributed by atoms with Gasteiger partial charge in [0.1, 0.15) is 5.75 Å². The van der Waals surface area contributed by atoms with Crippen LogP contribution in [0.15, 0.2) is 40.2 Å². The van der Waals surface area contributed by atoms with Crippen LogP contribution in [0.4, 0.5) is 0 Å². The first kappa shape index (κ1) is 20.3. The standard InChI is InChI=1S/C19H19BrN2O5S/c1-26-19(25)13-4-5-15(14(20)11-13)27-12-17(23)21-6-8-22(9-7-21)18(24)16-3-2-10-28-16/h2-5,10-11H,6-9,12H2,1H3. The number of methoxy groups -OCH3 is 1. The minimum absolute atomic E-state index is 0.00738. The maximum Gasteiger partial charge on any atom is 0.337 e. The van der Waals surface area contributed by atoms with Gasteiger partial charge in [0, 0.05) is 26.2 Å². The fraction of sp³-hybridized carbons (Fsp3) is 0.316. The maximum atomic E-state index is 12.4. The van der Waals surface area contributed by atoms with Crippen LogP contribution in [0.25, 0.3) is 0 Å². The monoisotopic (exact) mass is 466 g/mol. The summed E-state index contributed by atoms with van der Waals surface area (Å²) in [5, 5.41) is 1.88. The zero-order valence-electron chi connectivity index (χ0n) is 15.2. The molecular weight excluding hydrogens is 448 g/mol. The van der Waals surface area contributed by atoms with E-state index in [-0.39, 0.29) is 18.4 Å². The van der Waals surface area contributed by atoms with Gasteiger partial charge in [-0.2, -0.15) is 0 Å². The number of nitrogens with zero attached hydrogens (tertiary/aromatic N) is 2. The SMILES string of the molecule is COC(=O)c1ccc(OCC(=O)N2CCN(C(=O)c3cccs3)CC2)c(Br)c1. The Labute approximate surface area is 175 Å². The Balaban J connectivity index is 1.50. The molecule has 0 saturated carbocycles. The summed E-state index contributed by atoms with van der Waals surface area (Å²) in [4.78, 5) is 40.5. The van der Waals surface area contributed by atoms with Crippen LogP contribution in [0.3, 0.4) is 0 Å². The number of thiophene rings is 1. The number of carbonyl (C=O) groups is 3. The van der Waals surface area contributed by atoms with Crippen LogP contribution in [0.1, 0.15) is 20.0 Å². The summed E-state index contributed by atoms with van der Waals surface area (Å²) in [6.07, 6.45) is 0. The van der Waals surface area contributed by atoms with E-state index >= 15 is 0 Å². The number of benzene rings is 1. The second kappa shape index (κ2) is 9.20. The van der Waals surface area contributed by atoms with Crippen LogP contribution >= 0.6 is 27.3 Å². The molecule has 9 heteroatoms. The van der Waals surface area contributed by atoms with Crippen LogP contribution in [0, 0.1) is 0 Å². The highest BCUT2D eigenvalue weighted by Crippen LogP contribution is 2.26. The van der Waals surface area contributed by atoms with Crippen molar-refractivity contribution in [3.05, 3.63) is 50.6 Å². The fourth-order valence-electron chi connectivity index (χ4n) is 2.81. The van der Waals surface area contributed by atoms with Gasteiger partial charge in [-0.3, -0.25) is 9.59 Å². The molecule has 0 unspecified atom stereocenters. The first-order valence-corrected chi connectivity index (χ1v) is 10.3. The van der Waals surface area contributed by atoms with E-state index in [2.05, 4.69) is 20.7 Å². The van der Waals surface area contributed by atoms with Crippen molar-refractivity contribution in [2.24, 2.45) is 0 Å². The van der Waals surface area contributed by atoms with Gasteiger partial charge < -0.3 is 19.3 Å². The second-order valence-electron chi connectivity index (χ2n) is 6.08. The second-order valence-corrected chi connectivity index (χ2v) is 7.88. The van der Waals surface area contributed by atoms with Crippen LogP contribution in [-0.2, 0) is 9.53 Å². The number of piperazine rings is 1. The van der Waals surface area contributed by atoms with E-state index in [9.17, 15) is 14.4 Å². The van der Waals surface area contributed by atoms with E-state index < -0.39 is 5.97 Å². The number of carbonyl (C=O) groups excluding carboxylic acids is 3. The van der Waals surface area contributed by atoms with Crippen LogP contribution < -0.4 is 4.74 Å². The van der Waals surface area contributed by atoms with Crippen molar-refractivity contribution in [2.75, 3.05) is 39.9 Å². The van der Waals surface area contributed by atoms with E-state index in [1.54, 1.807) is 28.0 Å². The third kappa shape index (κ3) is 4.71. The van der Waals surface area contributed by atoms with E-state index in [4.69, 9.17) is 4.74 Å². The molecule has 0 spiro atoms. The molecule has 1 saturated heterocycles. The average molecular weight is 467 g/mol. The van der Waals surface area contributed by atoms with E-state index in [0.717, 1.165) is 0 Å². The van der Waals surface area contributed by atoms with Crippen LogP contribution in [0.2, 0.25) is 0 Å². The zero-order chi connectivity index (χ0) is 20.1. The normalized spacial score (nSPS) is 13.9. The molecule has 148 valence electrons. The van der Waals surface area contributed by atoms with Crippen molar-refractivity contribution in [1.29, 1.82) is 0 Å². The summed E-state index contributed by atoms with van der Waals surface area (Å²) in [5.41, 5.74) is 0.389. The summed E-state index contributed by atoms with van der Waals surface area (Å²) in [6.45, 7) is 1.83. The largest absolute Gasteiger partial charge is 0.483 e. The molecule has 0 aliphatic carbocycles. The fourth-order valence-corrected chi connectivity index (χ4v) is 3.99. The average Bonchev–Trinajstić information content (AvgIpc) is 3.26. The Morgan fingerprint density at radius 1 is 1.11 bits per heavy atom. The molecule has 7 nitrogen and oxygen atoms in total. The quantitative estimate of drug-likeness (QED) is 0.633. The third-order valence-electron chi connectivity index (χ3n) is 4.36. The van der Waals surface area contributed by atoms with E-state index in [0.29, 0.717) is 46.8 Å². The van der Waals surface area contributed by atoms with Crippen molar-refractivity contribution < 1.29 is 23.9 Å². The molecule has 1 aliphatic rings. The highest BCUT2D eigenvalue weighted by molar-refractivity contribution is 9.10. The molecular formula is C19H19BrN2O5S. The molecule has 0 bridgehead atoms. The van der Waals surface area contributed by atoms with E-state index in [1.165, 1.54) is 18.4 Å². The molecule has 2 heterocycles. The molecule has 28 heavy (non-hydrogen) atoms. The van der Waals surface area contributed by atoms with Crippen LogP contribution in [0.5, 0.6) is 5.75 Å². The highest BCUT2D eigenvalue weighted by atomic mass is 79.9. The number of ether oxygens (including phenoxy) is 2. The summed E-state index contributed by atoms with van der Waals surface area (Å²) in [5.74, 6) is -0.119. The summed E-state index contributed by atoms with van der Waals surface area (Å²) in [6, 6.07) is 8.43. The number of hydrogen-bond acceptors (Lipinski definition) is 6. The van der Waals surface area contributed by atoms with Gasteiger partial charge in [-0.05, 0) is 45.6 Å². The highest BCUT2D eigenvalue weighted by Gasteiger charge is 2.25. The molecule has 1 aromatic carbocycles. The predicted molar refractivity (Wildman–Crippen MR) is 108 cm³/mol. The third-order valence-corrected chi connectivity index (χ3v) is 5.83. The minimum Gasteiger partial charge on any atom is -0.483 e. The van der Waals surface area contributed by atoms with Gasteiger partial charge >= 0.3 is 5.97 Å². The van der Waals surface area contributed by atoms with Crippen molar-refractivity contribution in [2.45, 2.75) is 0 Å². The smallest absolute Gasteiger partial charge is 0.337 e.